The third-order valence-corrected chi connectivity index (χ3v) is 7.83. The van der Waals surface area contributed by atoms with Crippen LogP contribution >= 0.6 is 0 Å². The maximum atomic E-state index is 13.1. The van der Waals surface area contributed by atoms with E-state index >= 15 is 0 Å². The zero-order valence-corrected chi connectivity index (χ0v) is 19.8. The Bertz CT molecular complexity index is 1120. The van der Waals surface area contributed by atoms with Gasteiger partial charge in [-0.25, -0.2) is 8.42 Å². The van der Waals surface area contributed by atoms with E-state index in [-0.39, 0.29) is 15.8 Å². The summed E-state index contributed by atoms with van der Waals surface area (Å²) < 4.78 is 34.1. The summed E-state index contributed by atoms with van der Waals surface area (Å²) in [6.45, 7) is 8.74. The van der Waals surface area contributed by atoms with Crippen LogP contribution in [-0.2, 0) is 21.8 Å². The van der Waals surface area contributed by atoms with Gasteiger partial charge in [-0.15, -0.1) is 0 Å². The summed E-state index contributed by atoms with van der Waals surface area (Å²) in [7, 11) is -1.98. The molecule has 0 unspecified atom stereocenters. The van der Waals surface area contributed by atoms with Gasteiger partial charge in [-0.05, 0) is 31.2 Å². The summed E-state index contributed by atoms with van der Waals surface area (Å²) in [5, 5.41) is 3.03. The third kappa shape index (κ3) is 5.20. The van der Waals surface area contributed by atoms with Gasteiger partial charge in [-0.2, -0.15) is 4.31 Å². The molecule has 1 saturated heterocycles. The monoisotopic (exact) mass is 464 g/mol. The number of fused-ring (bicyclic) bond motifs is 1. The van der Waals surface area contributed by atoms with E-state index in [4.69, 9.17) is 4.74 Å². The fourth-order valence-electron chi connectivity index (χ4n) is 3.93. The molecule has 0 bridgehead atoms. The van der Waals surface area contributed by atoms with E-state index in [1.165, 1.54) is 22.6 Å². The Morgan fingerprint density at radius 3 is 2.53 bits per heavy atom. The Labute approximate surface area is 189 Å². The van der Waals surface area contributed by atoms with Crippen LogP contribution in [0.3, 0.4) is 0 Å². The van der Waals surface area contributed by atoms with Crippen molar-refractivity contribution in [3.05, 3.63) is 40.2 Å². The van der Waals surface area contributed by atoms with Crippen molar-refractivity contribution in [3.8, 4) is 0 Å². The van der Waals surface area contributed by atoms with E-state index in [9.17, 15) is 18.0 Å². The van der Waals surface area contributed by atoms with Crippen molar-refractivity contribution < 1.29 is 17.9 Å². The van der Waals surface area contributed by atoms with E-state index in [1.54, 1.807) is 31.5 Å². The molecule has 1 aromatic carbocycles. The van der Waals surface area contributed by atoms with Crippen molar-refractivity contribution in [1.29, 1.82) is 0 Å². The average molecular weight is 465 g/mol. The normalized spacial score (nSPS) is 15.4. The quantitative estimate of drug-likeness (QED) is 0.556. The number of nitrogens with one attached hydrogen (secondary N) is 1. The average Bonchev–Trinajstić information content (AvgIpc) is 2.80. The fourth-order valence-corrected chi connectivity index (χ4v) is 5.42. The number of amides is 1. The summed E-state index contributed by atoms with van der Waals surface area (Å²) in [6, 6.07) is 4.48. The Morgan fingerprint density at radius 2 is 1.88 bits per heavy atom. The number of ether oxygens (including phenoxy) is 1. The first-order valence-corrected chi connectivity index (χ1v) is 12.5. The van der Waals surface area contributed by atoms with Crippen molar-refractivity contribution in [2.24, 2.45) is 7.05 Å². The van der Waals surface area contributed by atoms with Crippen LogP contribution < -0.4 is 10.7 Å². The Balaban J connectivity index is 1.81. The maximum absolute atomic E-state index is 13.1. The zero-order valence-electron chi connectivity index (χ0n) is 19.0. The molecule has 0 saturated carbocycles. The number of carbonyl (C=O) groups is 1. The van der Waals surface area contributed by atoms with E-state index in [2.05, 4.69) is 10.2 Å². The van der Waals surface area contributed by atoms with Gasteiger partial charge in [0.05, 0.1) is 23.6 Å². The molecule has 1 aromatic heterocycles. The number of morpholine rings is 1. The third-order valence-electron chi connectivity index (χ3n) is 5.79. The van der Waals surface area contributed by atoms with Gasteiger partial charge in [0.1, 0.15) is 5.56 Å². The second kappa shape index (κ2) is 10.6. The van der Waals surface area contributed by atoms with Crippen LogP contribution in [-0.4, -0.2) is 80.6 Å². The number of rotatable bonds is 9. The lowest BCUT2D eigenvalue weighted by Crippen LogP contribution is -2.38. The molecule has 1 N–H and O–H groups in total. The highest BCUT2D eigenvalue weighted by Gasteiger charge is 2.23. The number of aromatic nitrogens is 1. The second-order valence-corrected chi connectivity index (χ2v) is 9.75. The number of hydrogen-bond donors (Lipinski definition) is 1. The second-order valence-electron chi connectivity index (χ2n) is 7.81. The van der Waals surface area contributed by atoms with Crippen LogP contribution in [0, 0.1) is 0 Å². The van der Waals surface area contributed by atoms with Crippen molar-refractivity contribution in [1.82, 2.24) is 19.1 Å². The first-order chi connectivity index (χ1) is 15.3. The minimum absolute atomic E-state index is 0.00348. The number of nitrogens with zero attached hydrogens (tertiary/aromatic N) is 3. The fraction of sp³-hybridized carbons (Fsp3) is 0.545. The standard InChI is InChI=1S/C22H32N4O5S/c1-4-26(5-2)32(29,30)17-7-8-20-18(15-17)21(27)19(16-24(20)3)22(28)23-9-6-10-25-11-13-31-14-12-25/h7-8,15-16H,4-6,9-14H2,1-3H3,(H,23,28). The molecule has 0 atom stereocenters. The Hall–Kier alpha value is -2.27. The molecule has 10 heteroatoms. The van der Waals surface area contributed by atoms with Gasteiger partial charge >= 0.3 is 0 Å². The van der Waals surface area contributed by atoms with Crippen molar-refractivity contribution >= 4 is 26.8 Å². The molecule has 32 heavy (non-hydrogen) atoms. The Morgan fingerprint density at radius 1 is 1.19 bits per heavy atom. The van der Waals surface area contributed by atoms with Crippen LogP contribution in [0.5, 0.6) is 0 Å². The first kappa shape index (κ1) is 24.4. The largest absolute Gasteiger partial charge is 0.379 e. The van der Waals surface area contributed by atoms with Crippen LogP contribution in [0.25, 0.3) is 10.9 Å². The lowest BCUT2D eigenvalue weighted by Gasteiger charge is -2.26. The van der Waals surface area contributed by atoms with E-state index in [1.807, 2.05) is 0 Å². The van der Waals surface area contributed by atoms with Gasteiger partial charge in [0.15, 0.2) is 0 Å². The molecule has 1 aliphatic rings. The van der Waals surface area contributed by atoms with Crippen LogP contribution in [0.2, 0.25) is 0 Å². The number of carbonyl (C=O) groups excluding carboxylic acids is 1. The van der Waals surface area contributed by atoms with Crippen LogP contribution in [0.4, 0.5) is 0 Å². The van der Waals surface area contributed by atoms with Crippen LogP contribution in [0.15, 0.2) is 34.1 Å². The summed E-state index contributed by atoms with van der Waals surface area (Å²) in [6.07, 6.45) is 2.27. The molecule has 0 radical (unpaired) electrons. The number of hydrogen-bond acceptors (Lipinski definition) is 6. The highest BCUT2D eigenvalue weighted by Crippen LogP contribution is 2.20. The molecule has 2 aromatic rings. The van der Waals surface area contributed by atoms with E-state index in [0.29, 0.717) is 25.2 Å². The SMILES string of the molecule is CCN(CC)S(=O)(=O)c1ccc2c(c1)c(=O)c(C(=O)NCCCN1CCOCC1)cn2C. The lowest BCUT2D eigenvalue weighted by molar-refractivity contribution is 0.0374. The van der Waals surface area contributed by atoms with Gasteiger partial charge in [0, 0.05) is 51.4 Å². The van der Waals surface area contributed by atoms with Gasteiger partial charge in [0.25, 0.3) is 5.91 Å². The zero-order chi connectivity index (χ0) is 23.3. The Kier molecular flexibility index (Phi) is 8.05. The number of benzene rings is 1. The van der Waals surface area contributed by atoms with Gasteiger partial charge < -0.3 is 14.6 Å². The predicted octanol–water partition coefficient (Wildman–Crippen LogP) is 1.02. The van der Waals surface area contributed by atoms with Crippen molar-refractivity contribution in [3.63, 3.8) is 0 Å². The summed E-state index contributed by atoms with van der Waals surface area (Å²) in [4.78, 5) is 28.1. The molecule has 9 nitrogen and oxygen atoms in total. The molecule has 0 aliphatic carbocycles. The van der Waals surface area contributed by atoms with Gasteiger partial charge in [0.2, 0.25) is 15.5 Å². The van der Waals surface area contributed by atoms with E-state index < -0.39 is 21.4 Å². The molecule has 1 amide bonds. The summed E-state index contributed by atoms with van der Waals surface area (Å²) >= 11 is 0. The molecule has 1 fully saturated rings. The topological polar surface area (TPSA) is 101 Å². The molecule has 1 aliphatic heterocycles. The molecule has 0 spiro atoms. The maximum Gasteiger partial charge on any atom is 0.256 e. The lowest BCUT2D eigenvalue weighted by atomic mass is 10.1. The molecule has 176 valence electrons. The molecule has 3 rings (SSSR count). The first-order valence-electron chi connectivity index (χ1n) is 11.0. The van der Waals surface area contributed by atoms with Crippen molar-refractivity contribution in [2.45, 2.75) is 25.2 Å². The number of sulfonamides is 1. The summed E-state index contributed by atoms with van der Waals surface area (Å²) in [5.41, 5.74) is 0.0986. The number of aryl methyl sites for hydroxylation is 1. The van der Waals surface area contributed by atoms with Gasteiger partial charge in [-0.1, -0.05) is 13.8 Å². The highest BCUT2D eigenvalue weighted by atomic mass is 32.2. The molecule has 2 heterocycles. The van der Waals surface area contributed by atoms with E-state index in [0.717, 1.165) is 39.3 Å². The summed E-state index contributed by atoms with van der Waals surface area (Å²) in [5.74, 6) is -0.452. The smallest absolute Gasteiger partial charge is 0.256 e. The molecular weight excluding hydrogens is 432 g/mol. The predicted molar refractivity (Wildman–Crippen MR) is 124 cm³/mol. The number of pyridine rings is 1. The van der Waals surface area contributed by atoms with Gasteiger partial charge in [-0.3, -0.25) is 14.5 Å². The van der Waals surface area contributed by atoms with Crippen LogP contribution in [0.1, 0.15) is 30.6 Å². The minimum atomic E-state index is -3.71. The highest BCUT2D eigenvalue weighted by molar-refractivity contribution is 7.89. The minimum Gasteiger partial charge on any atom is -0.379 e. The molecular formula is C22H32N4O5S. The van der Waals surface area contributed by atoms with Crippen molar-refractivity contribution in [2.75, 3.05) is 52.5 Å².